The van der Waals surface area contributed by atoms with E-state index in [0.717, 1.165) is 16.5 Å². The van der Waals surface area contributed by atoms with Gasteiger partial charge in [-0.25, -0.2) is 4.79 Å². The molecule has 2 amide bonds. The van der Waals surface area contributed by atoms with Gasteiger partial charge >= 0.3 is 5.97 Å². The van der Waals surface area contributed by atoms with Gasteiger partial charge in [0.2, 0.25) is 11.8 Å². The molecule has 0 atom stereocenters. The van der Waals surface area contributed by atoms with E-state index in [9.17, 15) is 14.4 Å². The maximum Gasteiger partial charge on any atom is 0.337 e. The highest BCUT2D eigenvalue weighted by Gasteiger charge is 2.12. The summed E-state index contributed by atoms with van der Waals surface area (Å²) in [5, 5.41) is 6.49. The summed E-state index contributed by atoms with van der Waals surface area (Å²) in [6.45, 7) is 0.436. The van der Waals surface area contributed by atoms with E-state index >= 15 is 0 Å². The van der Waals surface area contributed by atoms with Crippen LogP contribution in [0.3, 0.4) is 0 Å². The largest absolute Gasteiger partial charge is 0.465 e. The van der Waals surface area contributed by atoms with Crippen LogP contribution in [0, 0.1) is 0 Å². The van der Waals surface area contributed by atoms with Crippen molar-refractivity contribution in [1.82, 2.24) is 10.3 Å². The number of hydrogen-bond donors (Lipinski definition) is 3. The Morgan fingerprint density at radius 3 is 2.68 bits per heavy atom. The minimum Gasteiger partial charge on any atom is -0.465 e. The van der Waals surface area contributed by atoms with Crippen LogP contribution < -0.4 is 10.6 Å². The van der Waals surface area contributed by atoms with Gasteiger partial charge in [-0.05, 0) is 36.2 Å². The first-order valence-corrected chi connectivity index (χ1v) is 8.87. The molecule has 0 saturated carbocycles. The molecule has 3 aromatic rings. The summed E-state index contributed by atoms with van der Waals surface area (Å²) in [4.78, 5) is 38.8. The molecule has 0 bridgehead atoms. The predicted molar refractivity (Wildman–Crippen MR) is 106 cm³/mol. The van der Waals surface area contributed by atoms with Crippen LogP contribution >= 0.6 is 0 Å². The number of benzene rings is 2. The normalized spacial score (nSPS) is 10.5. The quantitative estimate of drug-likeness (QED) is 0.434. The van der Waals surface area contributed by atoms with Gasteiger partial charge in [0.1, 0.15) is 6.42 Å². The fourth-order valence-corrected chi connectivity index (χ4v) is 2.93. The molecule has 28 heavy (non-hydrogen) atoms. The third-order valence-corrected chi connectivity index (χ3v) is 4.28. The van der Waals surface area contributed by atoms with Crippen molar-refractivity contribution in [3.63, 3.8) is 0 Å². The van der Waals surface area contributed by atoms with Gasteiger partial charge in [0.05, 0.1) is 12.7 Å². The Morgan fingerprint density at radius 2 is 1.86 bits per heavy atom. The third kappa shape index (κ3) is 4.76. The van der Waals surface area contributed by atoms with Crippen molar-refractivity contribution in [2.24, 2.45) is 0 Å². The highest BCUT2D eigenvalue weighted by molar-refractivity contribution is 6.04. The fraction of sp³-hybridized carbons (Fsp3) is 0.190. The molecule has 7 nitrogen and oxygen atoms in total. The molecule has 0 radical (unpaired) electrons. The minimum absolute atomic E-state index is 0.295. The summed E-state index contributed by atoms with van der Waals surface area (Å²) in [5.74, 6) is -1.31. The number of para-hydroxylation sites is 1. The van der Waals surface area contributed by atoms with E-state index in [-0.39, 0.29) is 12.3 Å². The van der Waals surface area contributed by atoms with Gasteiger partial charge in [0, 0.05) is 29.3 Å². The summed E-state index contributed by atoms with van der Waals surface area (Å²) >= 11 is 0. The Labute approximate surface area is 162 Å². The van der Waals surface area contributed by atoms with Gasteiger partial charge in [-0.2, -0.15) is 0 Å². The zero-order valence-corrected chi connectivity index (χ0v) is 15.5. The Kier molecular flexibility index (Phi) is 6.06. The lowest BCUT2D eigenvalue weighted by molar-refractivity contribution is -0.126. The second-order valence-electron chi connectivity index (χ2n) is 6.26. The lowest BCUT2D eigenvalue weighted by Crippen LogP contribution is -2.29. The van der Waals surface area contributed by atoms with E-state index in [0.29, 0.717) is 24.2 Å². The number of ether oxygens (including phenoxy) is 1. The Hall–Kier alpha value is -3.61. The van der Waals surface area contributed by atoms with Crippen molar-refractivity contribution >= 4 is 34.4 Å². The highest BCUT2D eigenvalue weighted by atomic mass is 16.5. The summed E-state index contributed by atoms with van der Waals surface area (Å²) in [6, 6.07) is 14.3. The number of methoxy groups -OCH3 is 1. The van der Waals surface area contributed by atoms with Crippen LogP contribution in [0.1, 0.15) is 22.3 Å². The molecule has 0 saturated heterocycles. The van der Waals surface area contributed by atoms with Crippen molar-refractivity contribution in [2.45, 2.75) is 12.8 Å². The number of amides is 2. The van der Waals surface area contributed by atoms with E-state index in [1.807, 2.05) is 30.5 Å². The smallest absolute Gasteiger partial charge is 0.337 e. The van der Waals surface area contributed by atoms with Crippen molar-refractivity contribution in [3.05, 3.63) is 65.9 Å². The van der Waals surface area contributed by atoms with E-state index in [2.05, 4.69) is 20.4 Å². The van der Waals surface area contributed by atoms with Crippen LogP contribution in [-0.4, -0.2) is 36.4 Å². The average Bonchev–Trinajstić information content (AvgIpc) is 3.10. The topological polar surface area (TPSA) is 100 Å². The van der Waals surface area contributed by atoms with Crippen LogP contribution in [0.5, 0.6) is 0 Å². The lowest BCUT2D eigenvalue weighted by Gasteiger charge is -2.08. The molecule has 1 heterocycles. The number of hydrogen-bond acceptors (Lipinski definition) is 4. The highest BCUT2D eigenvalue weighted by Crippen LogP contribution is 2.17. The number of carbonyl (C=O) groups excluding carboxylic acids is 3. The number of H-pyrrole nitrogens is 1. The van der Waals surface area contributed by atoms with Crippen LogP contribution in [0.4, 0.5) is 5.69 Å². The molecule has 0 fully saturated rings. The molecule has 3 N–H and O–H groups in total. The summed E-state index contributed by atoms with van der Waals surface area (Å²) in [7, 11) is 1.29. The lowest BCUT2D eigenvalue weighted by atomic mass is 10.1. The molecular weight excluding hydrogens is 358 g/mol. The predicted octanol–water partition coefficient (Wildman–Crippen LogP) is 2.64. The minimum atomic E-state index is -0.494. The van der Waals surface area contributed by atoms with Gasteiger partial charge in [0.25, 0.3) is 0 Å². The molecule has 144 valence electrons. The van der Waals surface area contributed by atoms with Crippen molar-refractivity contribution in [3.8, 4) is 0 Å². The van der Waals surface area contributed by atoms with E-state index in [1.165, 1.54) is 13.2 Å². The van der Waals surface area contributed by atoms with Gasteiger partial charge in [0.15, 0.2) is 0 Å². The standard InChI is InChI=1S/C21H21N3O4/c1-28-21(27)14-5-4-6-16(11-14)24-20(26)12-19(25)22-10-9-15-13-23-18-8-3-2-7-17(15)18/h2-8,11,13,23H,9-10,12H2,1H3,(H,22,25)(H,24,26). The summed E-state index contributed by atoms with van der Waals surface area (Å²) in [5.41, 5.74) is 2.92. The van der Waals surface area contributed by atoms with Gasteiger partial charge in [-0.15, -0.1) is 0 Å². The number of esters is 1. The first kappa shape index (κ1) is 19.2. The maximum atomic E-state index is 12.0. The molecule has 0 aliphatic carbocycles. The van der Waals surface area contributed by atoms with E-state index in [4.69, 9.17) is 0 Å². The molecule has 0 aliphatic heterocycles. The van der Waals surface area contributed by atoms with Crippen molar-refractivity contribution in [1.29, 1.82) is 0 Å². The fourth-order valence-electron chi connectivity index (χ4n) is 2.93. The molecule has 7 heteroatoms. The number of anilines is 1. The monoisotopic (exact) mass is 379 g/mol. The number of carbonyl (C=O) groups is 3. The molecular formula is C21H21N3O4. The van der Waals surface area contributed by atoms with Crippen molar-refractivity contribution in [2.75, 3.05) is 19.0 Å². The molecule has 2 aromatic carbocycles. The zero-order chi connectivity index (χ0) is 19.9. The summed E-state index contributed by atoms with van der Waals surface area (Å²) < 4.78 is 4.64. The number of aromatic amines is 1. The van der Waals surface area contributed by atoms with Crippen molar-refractivity contribution < 1.29 is 19.1 Å². The molecule has 3 rings (SSSR count). The Balaban J connectivity index is 1.47. The van der Waals surface area contributed by atoms with E-state index < -0.39 is 11.9 Å². The number of aromatic nitrogens is 1. The second-order valence-corrected chi connectivity index (χ2v) is 6.26. The SMILES string of the molecule is COC(=O)c1cccc(NC(=O)CC(=O)NCCc2c[nH]c3ccccc23)c1. The zero-order valence-electron chi connectivity index (χ0n) is 15.5. The second kappa shape index (κ2) is 8.85. The molecule has 0 spiro atoms. The first-order valence-electron chi connectivity index (χ1n) is 8.87. The van der Waals surface area contributed by atoms with Crippen LogP contribution in [0.25, 0.3) is 10.9 Å². The number of nitrogens with one attached hydrogen (secondary N) is 3. The first-order chi connectivity index (χ1) is 13.6. The Bertz CT molecular complexity index is 1010. The Morgan fingerprint density at radius 1 is 1.04 bits per heavy atom. The van der Waals surface area contributed by atoms with Crippen LogP contribution in [0.2, 0.25) is 0 Å². The van der Waals surface area contributed by atoms with Gasteiger partial charge in [-0.1, -0.05) is 24.3 Å². The van der Waals surface area contributed by atoms with E-state index in [1.54, 1.807) is 18.2 Å². The maximum absolute atomic E-state index is 12.0. The molecule has 1 aromatic heterocycles. The van der Waals surface area contributed by atoms with Crippen LogP contribution in [0.15, 0.2) is 54.7 Å². The molecule has 0 aliphatic rings. The summed E-state index contributed by atoms with van der Waals surface area (Å²) in [6.07, 6.45) is 2.30. The third-order valence-electron chi connectivity index (χ3n) is 4.28. The van der Waals surface area contributed by atoms with Gasteiger partial charge < -0.3 is 20.4 Å². The number of fused-ring (bicyclic) bond motifs is 1. The van der Waals surface area contributed by atoms with Gasteiger partial charge in [-0.3, -0.25) is 9.59 Å². The number of rotatable bonds is 7. The van der Waals surface area contributed by atoms with Crippen LogP contribution in [-0.2, 0) is 20.7 Å². The average molecular weight is 379 g/mol. The molecule has 0 unspecified atom stereocenters.